The Hall–Kier alpha value is -1.33. The fourth-order valence-electron chi connectivity index (χ4n) is 1.55. The number of nitro groups is 1. The van der Waals surface area contributed by atoms with Gasteiger partial charge in [-0.2, -0.15) is 0 Å². The van der Waals surface area contributed by atoms with Crippen molar-refractivity contribution in [1.82, 2.24) is 4.90 Å². The van der Waals surface area contributed by atoms with Gasteiger partial charge >= 0.3 is 0 Å². The van der Waals surface area contributed by atoms with Crippen molar-refractivity contribution in [2.75, 3.05) is 13.6 Å². The molecule has 0 aliphatic carbocycles. The second-order valence-corrected chi connectivity index (χ2v) is 4.91. The zero-order valence-electron chi connectivity index (χ0n) is 10.7. The summed E-state index contributed by atoms with van der Waals surface area (Å²) in [6, 6.07) is 2.50. The minimum Gasteiger partial charge on any atom is -0.342 e. The molecule has 104 valence electrons. The number of carbonyl (C=O) groups is 1. The fourth-order valence-corrected chi connectivity index (χ4v) is 1.94. The van der Waals surface area contributed by atoms with Crippen molar-refractivity contribution in [2.45, 2.75) is 19.8 Å². The normalized spacial score (nSPS) is 10.3. The highest BCUT2D eigenvalue weighted by atomic mass is 35.5. The number of nitrogens with zero attached hydrogens (tertiary/aromatic N) is 2. The standard InChI is InChI=1S/C12H14Cl2N2O3/c1-3-4-5-15(2)12(17)8-6-9(13)11(14)10(7-8)16(18)19/h6-7H,3-5H2,1-2H3. The van der Waals surface area contributed by atoms with Crippen LogP contribution >= 0.6 is 23.2 Å². The quantitative estimate of drug-likeness (QED) is 0.614. The van der Waals surface area contributed by atoms with Crippen LogP contribution < -0.4 is 0 Å². The molecule has 1 aromatic carbocycles. The summed E-state index contributed by atoms with van der Waals surface area (Å²) in [5.74, 6) is -0.310. The van der Waals surface area contributed by atoms with Crippen LogP contribution in [0.15, 0.2) is 12.1 Å². The molecule has 19 heavy (non-hydrogen) atoms. The van der Waals surface area contributed by atoms with E-state index in [9.17, 15) is 14.9 Å². The van der Waals surface area contributed by atoms with Gasteiger partial charge in [-0.15, -0.1) is 0 Å². The van der Waals surface area contributed by atoms with E-state index >= 15 is 0 Å². The van der Waals surface area contributed by atoms with Gasteiger partial charge in [0.1, 0.15) is 5.02 Å². The maximum absolute atomic E-state index is 12.1. The first-order valence-corrected chi connectivity index (χ1v) is 6.53. The zero-order chi connectivity index (χ0) is 14.6. The van der Waals surface area contributed by atoms with E-state index in [1.54, 1.807) is 7.05 Å². The molecule has 0 aliphatic rings. The maximum Gasteiger partial charge on any atom is 0.290 e. The molecule has 1 aromatic rings. The summed E-state index contributed by atoms with van der Waals surface area (Å²) in [4.78, 5) is 23.8. The smallest absolute Gasteiger partial charge is 0.290 e. The Morgan fingerprint density at radius 1 is 1.42 bits per heavy atom. The van der Waals surface area contributed by atoms with Crippen LogP contribution in [0.3, 0.4) is 0 Å². The Labute approximate surface area is 121 Å². The van der Waals surface area contributed by atoms with Gasteiger partial charge in [0.2, 0.25) is 0 Å². The van der Waals surface area contributed by atoms with Gasteiger partial charge in [0, 0.05) is 25.2 Å². The summed E-state index contributed by atoms with van der Waals surface area (Å²) in [5, 5.41) is 10.7. The lowest BCUT2D eigenvalue weighted by Gasteiger charge is -2.16. The highest BCUT2D eigenvalue weighted by molar-refractivity contribution is 6.43. The molecule has 0 saturated carbocycles. The molecule has 1 amide bonds. The molecule has 1 rings (SSSR count). The van der Waals surface area contributed by atoms with Crippen LogP contribution in [0.25, 0.3) is 0 Å². The van der Waals surface area contributed by atoms with E-state index in [4.69, 9.17) is 23.2 Å². The van der Waals surface area contributed by atoms with Crippen molar-refractivity contribution in [3.63, 3.8) is 0 Å². The van der Waals surface area contributed by atoms with Gasteiger partial charge in [-0.1, -0.05) is 36.5 Å². The van der Waals surface area contributed by atoms with Crippen LogP contribution in [-0.4, -0.2) is 29.3 Å². The number of benzene rings is 1. The van der Waals surface area contributed by atoms with Crippen molar-refractivity contribution >= 4 is 34.8 Å². The fraction of sp³-hybridized carbons (Fsp3) is 0.417. The Balaban J connectivity index is 3.07. The van der Waals surface area contributed by atoms with E-state index in [1.807, 2.05) is 6.92 Å². The Bertz CT molecular complexity index is 506. The molecular formula is C12H14Cl2N2O3. The summed E-state index contributed by atoms with van der Waals surface area (Å²) < 4.78 is 0. The summed E-state index contributed by atoms with van der Waals surface area (Å²) in [5.41, 5.74) is -0.193. The van der Waals surface area contributed by atoms with Crippen molar-refractivity contribution in [1.29, 1.82) is 0 Å². The average molecular weight is 305 g/mol. The molecule has 0 aromatic heterocycles. The summed E-state index contributed by atoms with van der Waals surface area (Å²) >= 11 is 11.5. The molecule has 7 heteroatoms. The summed E-state index contributed by atoms with van der Waals surface area (Å²) in [6.07, 6.45) is 1.82. The predicted octanol–water partition coefficient (Wildman–Crippen LogP) is 3.77. The highest BCUT2D eigenvalue weighted by Gasteiger charge is 2.21. The first-order valence-electron chi connectivity index (χ1n) is 5.77. The molecule has 0 spiro atoms. The molecule has 0 saturated heterocycles. The number of unbranched alkanes of at least 4 members (excludes halogenated alkanes) is 1. The molecule has 0 atom stereocenters. The van der Waals surface area contributed by atoms with Crippen molar-refractivity contribution in [2.24, 2.45) is 0 Å². The van der Waals surface area contributed by atoms with E-state index in [2.05, 4.69) is 0 Å². The molecule has 5 nitrogen and oxygen atoms in total. The number of halogens is 2. The van der Waals surface area contributed by atoms with Gasteiger partial charge in [0.25, 0.3) is 11.6 Å². The number of nitro benzene ring substituents is 1. The minimum atomic E-state index is -0.656. The Kier molecular flexibility index (Phi) is 5.57. The molecule has 0 fully saturated rings. The molecule has 0 aliphatic heterocycles. The number of hydrogen-bond acceptors (Lipinski definition) is 3. The predicted molar refractivity (Wildman–Crippen MR) is 75.0 cm³/mol. The molecule has 0 heterocycles. The van der Waals surface area contributed by atoms with Crippen LogP contribution in [0.1, 0.15) is 30.1 Å². The number of carbonyl (C=O) groups excluding carboxylic acids is 1. The van der Waals surface area contributed by atoms with E-state index in [1.165, 1.54) is 11.0 Å². The molecule has 0 N–H and O–H groups in total. The minimum absolute atomic E-state index is 0.00288. The second-order valence-electron chi connectivity index (χ2n) is 4.13. The van der Waals surface area contributed by atoms with Crippen LogP contribution in [0.4, 0.5) is 5.69 Å². The number of hydrogen-bond donors (Lipinski definition) is 0. The zero-order valence-corrected chi connectivity index (χ0v) is 12.2. The summed E-state index contributed by atoms with van der Waals surface area (Å²) in [7, 11) is 1.65. The molecule has 0 bridgehead atoms. The van der Waals surface area contributed by atoms with Crippen LogP contribution in [0.2, 0.25) is 10.0 Å². The first-order chi connectivity index (χ1) is 8.88. The largest absolute Gasteiger partial charge is 0.342 e. The SMILES string of the molecule is CCCCN(C)C(=O)c1cc(Cl)c(Cl)c([N+](=O)[O-])c1. The maximum atomic E-state index is 12.1. The van der Waals surface area contributed by atoms with E-state index < -0.39 is 4.92 Å². The van der Waals surface area contributed by atoms with Crippen LogP contribution in [-0.2, 0) is 0 Å². The van der Waals surface area contributed by atoms with Gasteiger partial charge in [-0.05, 0) is 12.5 Å². The Morgan fingerprint density at radius 2 is 2.05 bits per heavy atom. The van der Waals surface area contributed by atoms with Gasteiger partial charge in [-0.3, -0.25) is 14.9 Å². The van der Waals surface area contributed by atoms with E-state index in [-0.39, 0.29) is 27.2 Å². The lowest BCUT2D eigenvalue weighted by Crippen LogP contribution is -2.27. The van der Waals surface area contributed by atoms with Gasteiger partial charge < -0.3 is 4.90 Å². The van der Waals surface area contributed by atoms with Crippen molar-refractivity contribution < 1.29 is 9.72 Å². The van der Waals surface area contributed by atoms with E-state index in [0.29, 0.717) is 6.54 Å². The first kappa shape index (κ1) is 15.7. The number of amides is 1. The van der Waals surface area contributed by atoms with Crippen LogP contribution in [0.5, 0.6) is 0 Å². The van der Waals surface area contributed by atoms with Crippen molar-refractivity contribution in [3.05, 3.63) is 37.9 Å². The number of rotatable bonds is 5. The molecule has 0 radical (unpaired) electrons. The lowest BCUT2D eigenvalue weighted by molar-refractivity contribution is -0.384. The Morgan fingerprint density at radius 3 is 2.58 bits per heavy atom. The third kappa shape index (κ3) is 3.81. The lowest BCUT2D eigenvalue weighted by atomic mass is 10.1. The average Bonchev–Trinajstić information content (AvgIpc) is 2.37. The highest BCUT2D eigenvalue weighted by Crippen LogP contribution is 2.33. The third-order valence-corrected chi connectivity index (χ3v) is 3.44. The van der Waals surface area contributed by atoms with E-state index in [0.717, 1.165) is 18.9 Å². The summed E-state index contributed by atoms with van der Waals surface area (Å²) in [6.45, 7) is 2.60. The third-order valence-electron chi connectivity index (χ3n) is 2.65. The topological polar surface area (TPSA) is 63.5 Å². The van der Waals surface area contributed by atoms with Crippen LogP contribution in [0, 0.1) is 10.1 Å². The van der Waals surface area contributed by atoms with Crippen molar-refractivity contribution in [3.8, 4) is 0 Å². The van der Waals surface area contributed by atoms with Gasteiger partial charge in [0.15, 0.2) is 0 Å². The van der Waals surface area contributed by atoms with Gasteiger partial charge in [-0.25, -0.2) is 0 Å². The monoisotopic (exact) mass is 304 g/mol. The molecule has 0 unspecified atom stereocenters. The molecular weight excluding hydrogens is 291 g/mol. The second kappa shape index (κ2) is 6.73. The van der Waals surface area contributed by atoms with Gasteiger partial charge in [0.05, 0.1) is 9.95 Å².